The molecule has 1 aromatic carbocycles. The number of halogens is 3. The summed E-state index contributed by atoms with van der Waals surface area (Å²) in [6, 6.07) is 9.18. The van der Waals surface area contributed by atoms with Gasteiger partial charge >= 0.3 is 12.4 Å². The fourth-order valence-corrected chi connectivity index (χ4v) is 2.89. The molecule has 3 rings (SSSR count). The third kappa shape index (κ3) is 5.65. The molecular weight excluding hydrogens is 363 g/mol. The number of hydrogen-bond acceptors (Lipinski definition) is 4. The maximum absolute atomic E-state index is 12.5. The Bertz CT molecular complexity index is 742. The van der Waals surface area contributed by atoms with Gasteiger partial charge in [0.15, 0.2) is 0 Å². The van der Waals surface area contributed by atoms with Crippen molar-refractivity contribution in [1.29, 1.82) is 0 Å². The minimum atomic E-state index is -4.77. The predicted octanol–water partition coefficient (Wildman–Crippen LogP) is 3.21. The maximum atomic E-state index is 12.5. The van der Waals surface area contributed by atoms with E-state index in [1.54, 1.807) is 17.2 Å². The number of benzene rings is 1. The molecule has 0 spiro atoms. The molecule has 1 aromatic heterocycles. The highest BCUT2D eigenvalue weighted by atomic mass is 19.4. The molecule has 2 heterocycles. The van der Waals surface area contributed by atoms with E-state index in [1.807, 2.05) is 12.1 Å². The summed E-state index contributed by atoms with van der Waals surface area (Å²) in [6.07, 6.45) is -3.15. The molecule has 0 radical (unpaired) electrons. The minimum Gasteiger partial charge on any atom is -0.468 e. The van der Waals surface area contributed by atoms with Crippen molar-refractivity contribution in [3.8, 4) is 5.75 Å². The highest BCUT2D eigenvalue weighted by molar-refractivity contribution is 5.74. The van der Waals surface area contributed by atoms with Crippen molar-refractivity contribution in [2.45, 2.75) is 19.5 Å². The molecule has 0 bridgehead atoms. The maximum Gasteiger partial charge on any atom is 0.573 e. The largest absolute Gasteiger partial charge is 0.573 e. The van der Waals surface area contributed by atoms with Crippen LogP contribution in [0.5, 0.6) is 5.75 Å². The summed E-state index contributed by atoms with van der Waals surface area (Å²) in [5.41, 5.74) is 0.264. The lowest BCUT2D eigenvalue weighted by Gasteiger charge is -2.34. The van der Waals surface area contributed by atoms with Crippen LogP contribution in [-0.4, -0.2) is 48.4 Å². The van der Waals surface area contributed by atoms with Gasteiger partial charge in [-0.25, -0.2) is 4.79 Å². The number of nitrogens with one attached hydrogen (secondary N) is 1. The van der Waals surface area contributed by atoms with Crippen molar-refractivity contribution in [3.63, 3.8) is 0 Å². The van der Waals surface area contributed by atoms with E-state index in [0.29, 0.717) is 32.7 Å². The first-order chi connectivity index (χ1) is 12.9. The van der Waals surface area contributed by atoms with Crippen LogP contribution in [0, 0.1) is 0 Å². The molecule has 27 heavy (non-hydrogen) atoms. The molecule has 1 aliphatic heterocycles. The Hall–Kier alpha value is -2.68. The number of urea groups is 1. The van der Waals surface area contributed by atoms with Gasteiger partial charge in [0.25, 0.3) is 0 Å². The second kappa shape index (κ2) is 8.34. The van der Waals surface area contributed by atoms with Gasteiger partial charge in [-0.15, -0.1) is 13.2 Å². The van der Waals surface area contributed by atoms with E-state index in [9.17, 15) is 18.0 Å². The first-order valence-electron chi connectivity index (χ1n) is 8.52. The molecule has 2 amide bonds. The molecule has 146 valence electrons. The fraction of sp³-hybridized carbons (Fsp3) is 0.389. The Labute approximate surface area is 154 Å². The zero-order valence-corrected chi connectivity index (χ0v) is 14.5. The van der Waals surface area contributed by atoms with Gasteiger partial charge in [0.1, 0.15) is 11.5 Å². The first-order valence-corrected chi connectivity index (χ1v) is 8.52. The predicted molar refractivity (Wildman–Crippen MR) is 90.9 cm³/mol. The number of furan rings is 1. The molecule has 0 saturated carbocycles. The molecule has 0 unspecified atom stereocenters. The molecule has 6 nitrogen and oxygen atoms in total. The van der Waals surface area contributed by atoms with Crippen LogP contribution in [-0.2, 0) is 13.1 Å². The summed E-state index contributed by atoms with van der Waals surface area (Å²) in [5.74, 6) is 0.558. The van der Waals surface area contributed by atoms with E-state index in [4.69, 9.17) is 4.42 Å². The lowest BCUT2D eigenvalue weighted by Crippen LogP contribution is -2.51. The third-order valence-corrected chi connectivity index (χ3v) is 4.25. The topological polar surface area (TPSA) is 58.0 Å². The van der Waals surface area contributed by atoms with Crippen molar-refractivity contribution in [3.05, 3.63) is 54.0 Å². The summed E-state index contributed by atoms with van der Waals surface area (Å²) >= 11 is 0. The molecule has 1 N–H and O–H groups in total. The van der Waals surface area contributed by atoms with Crippen LogP contribution >= 0.6 is 0 Å². The molecule has 2 aromatic rings. The Morgan fingerprint density at radius 1 is 1.11 bits per heavy atom. The number of alkyl halides is 3. The highest BCUT2D eigenvalue weighted by Crippen LogP contribution is 2.26. The van der Waals surface area contributed by atoms with Gasteiger partial charge < -0.3 is 19.4 Å². The van der Waals surface area contributed by atoms with Gasteiger partial charge in [-0.2, -0.15) is 0 Å². The SMILES string of the molecule is O=C(NCc1ccccc1OC(F)(F)F)N1CCN(Cc2ccco2)CC1. The van der Waals surface area contributed by atoms with E-state index >= 15 is 0 Å². The molecule has 1 saturated heterocycles. The number of carbonyl (C=O) groups excluding carboxylic acids is 1. The summed E-state index contributed by atoms with van der Waals surface area (Å²) in [7, 11) is 0. The highest BCUT2D eigenvalue weighted by Gasteiger charge is 2.32. The van der Waals surface area contributed by atoms with Gasteiger partial charge in [0.2, 0.25) is 0 Å². The van der Waals surface area contributed by atoms with E-state index < -0.39 is 6.36 Å². The van der Waals surface area contributed by atoms with Crippen LogP contribution in [0.4, 0.5) is 18.0 Å². The van der Waals surface area contributed by atoms with Crippen LogP contribution in [0.25, 0.3) is 0 Å². The molecule has 1 aliphatic rings. The average Bonchev–Trinajstić information content (AvgIpc) is 3.13. The second-order valence-electron chi connectivity index (χ2n) is 6.16. The number of ether oxygens (including phenoxy) is 1. The Morgan fingerprint density at radius 2 is 1.85 bits per heavy atom. The van der Waals surface area contributed by atoms with Crippen molar-refractivity contribution in [2.75, 3.05) is 26.2 Å². The van der Waals surface area contributed by atoms with E-state index in [1.165, 1.54) is 18.2 Å². The van der Waals surface area contributed by atoms with E-state index in [-0.39, 0.29) is 23.9 Å². The van der Waals surface area contributed by atoms with E-state index in [0.717, 1.165) is 5.76 Å². The van der Waals surface area contributed by atoms with Gasteiger partial charge in [-0.3, -0.25) is 4.90 Å². The van der Waals surface area contributed by atoms with Crippen LogP contribution < -0.4 is 10.1 Å². The quantitative estimate of drug-likeness (QED) is 0.862. The number of hydrogen-bond donors (Lipinski definition) is 1. The Kier molecular flexibility index (Phi) is 5.90. The van der Waals surface area contributed by atoms with Gasteiger partial charge in [0, 0.05) is 38.3 Å². The summed E-state index contributed by atoms with van der Waals surface area (Å²) in [6.45, 7) is 3.10. The summed E-state index contributed by atoms with van der Waals surface area (Å²) < 4.78 is 46.7. The molecular formula is C18H20F3N3O3. The van der Waals surface area contributed by atoms with Crippen molar-refractivity contribution in [2.24, 2.45) is 0 Å². The normalized spacial score (nSPS) is 15.6. The van der Waals surface area contributed by atoms with Gasteiger partial charge in [-0.05, 0) is 18.2 Å². The lowest BCUT2D eigenvalue weighted by atomic mass is 10.2. The van der Waals surface area contributed by atoms with Crippen molar-refractivity contribution in [1.82, 2.24) is 15.1 Å². The Balaban J connectivity index is 1.48. The van der Waals surface area contributed by atoms with Crippen LogP contribution in [0.15, 0.2) is 47.1 Å². The molecule has 1 fully saturated rings. The second-order valence-corrected chi connectivity index (χ2v) is 6.16. The zero-order valence-electron chi connectivity index (χ0n) is 14.5. The number of amides is 2. The van der Waals surface area contributed by atoms with Gasteiger partial charge in [-0.1, -0.05) is 18.2 Å². The monoisotopic (exact) mass is 383 g/mol. The number of nitrogens with zero attached hydrogens (tertiary/aromatic N) is 2. The minimum absolute atomic E-state index is 0.0440. The summed E-state index contributed by atoms with van der Waals surface area (Å²) in [5, 5.41) is 2.66. The number of para-hydroxylation sites is 1. The number of rotatable bonds is 5. The summed E-state index contributed by atoms with van der Waals surface area (Å²) in [4.78, 5) is 16.1. The van der Waals surface area contributed by atoms with Crippen LogP contribution in [0.1, 0.15) is 11.3 Å². The Morgan fingerprint density at radius 3 is 2.52 bits per heavy atom. The van der Waals surface area contributed by atoms with Crippen LogP contribution in [0.3, 0.4) is 0 Å². The average molecular weight is 383 g/mol. The number of piperazine rings is 1. The standard InChI is InChI=1S/C18H20F3N3O3/c19-18(20,21)27-16-6-2-1-4-14(16)12-22-17(25)24-9-7-23(8-10-24)13-15-5-3-11-26-15/h1-6,11H,7-10,12-13H2,(H,22,25). The van der Waals surface area contributed by atoms with Crippen molar-refractivity contribution < 1.29 is 27.1 Å². The third-order valence-electron chi connectivity index (χ3n) is 4.25. The zero-order chi connectivity index (χ0) is 19.3. The fourth-order valence-electron chi connectivity index (χ4n) is 2.89. The molecule has 9 heteroatoms. The molecule has 0 atom stereocenters. The van der Waals surface area contributed by atoms with Crippen molar-refractivity contribution >= 4 is 6.03 Å². The number of carbonyl (C=O) groups is 1. The first kappa shape index (κ1) is 19.1. The van der Waals surface area contributed by atoms with Crippen LogP contribution in [0.2, 0.25) is 0 Å². The van der Waals surface area contributed by atoms with Gasteiger partial charge in [0.05, 0.1) is 12.8 Å². The van der Waals surface area contributed by atoms with E-state index in [2.05, 4.69) is 15.0 Å². The molecule has 0 aliphatic carbocycles. The lowest BCUT2D eigenvalue weighted by molar-refractivity contribution is -0.274. The smallest absolute Gasteiger partial charge is 0.468 e.